The first-order chi connectivity index (χ1) is 7.98. The lowest BCUT2D eigenvalue weighted by molar-refractivity contribution is -0.124. The van der Waals surface area contributed by atoms with Crippen molar-refractivity contribution in [3.8, 4) is 6.07 Å². The van der Waals surface area contributed by atoms with E-state index < -0.39 is 15.8 Å². The highest BCUT2D eigenvalue weighted by Gasteiger charge is 2.27. The minimum atomic E-state index is -3.02. The van der Waals surface area contributed by atoms with Crippen molar-refractivity contribution in [2.24, 2.45) is 5.92 Å². The van der Waals surface area contributed by atoms with Crippen molar-refractivity contribution < 1.29 is 13.2 Å². The third kappa shape index (κ3) is 4.35. The van der Waals surface area contributed by atoms with Crippen molar-refractivity contribution in [3.63, 3.8) is 0 Å². The van der Waals surface area contributed by atoms with Gasteiger partial charge >= 0.3 is 0 Å². The molecule has 1 N–H and O–H groups in total. The van der Waals surface area contributed by atoms with Crippen LogP contribution in [0.4, 0.5) is 0 Å². The van der Waals surface area contributed by atoms with E-state index in [4.69, 9.17) is 5.26 Å². The molecule has 6 heteroatoms. The number of nitrogens with zero attached hydrogens (tertiary/aromatic N) is 1. The summed E-state index contributed by atoms with van der Waals surface area (Å²) in [4.78, 5) is 11.7. The van der Waals surface area contributed by atoms with E-state index in [9.17, 15) is 13.2 Å². The third-order valence-electron chi connectivity index (χ3n) is 2.86. The van der Waals surface area contributed by atoms with Gasteiger partial charge in [0, 0.05) is 6.04 Å². The summed E-state index contributed by atoms with van der Waals surface area (Å²) in [7, 11) is -3.02. The normalized spacial score (nSPS) is 24.6. The highest BCUT2D eigenvalue weighted by Crippen LogP contribution is 2.13. The predicted molar refractivity (Wildman–Crippen MR) is 63.8 cm³/mol. The van der Waals surface area contributed by atoms with Crippen LogP contribution in [0.1, 0.15) is 32.6 Å². The van der Waals surface area contributed by atoms with Gasteiger partial charge in [0.15, 0.2) is 9.84 Å². The number of nitriles is 1. The summed E-state index contributed by atoms with van der Waals surface area (Å²) in [5, 5.41) is 11.5. The largest absolute Gasteiger partial charge is 0.351 e. The van der Waals surface area contributed by atoms with Crippen molar-refractivity contribution in [2.45, 2.75) is 38.6 Å². The van der Waals surface area contributed by atoms with Gasteiger partial charge in [0.25, 0.3) is 0 Å². The Kier molecular flexibility index (Phi) is 4.94. The molecular weight excluding hydrogens is 240 g/mol. The molecule has 0 radical (unpaired) electrons. The van der Waals surface area contributed by atoms with Gasteiger partial charge in [-0.1, -0.05) is 13.3 Å². The van der Waals surface area contributed by atoms with Crippen LogP contribution in [-0.2, 0) is 14.6 Å². The second-order valence-corrected chi connectivity index (χ2v) is 6.66. The molecule has 2 unspecified atom stereocenters. The number of hydrogen-bond donors (Lipinski definition) is 1. The number of amides is 1. The highest BCUT2D eigenvalue weighted by molar-refractivity contribution is 7.91. The van der Waals surface area contributed by atoms with Gasteiger partial charge < -0.3 is 5.32 Å². The fourth-order valence-corrected chi connectivity index (χ4v) is 3.62. The maximum Gasteiger partial charge on any atom is 0.237 e. The molecule has 5 nitrogen and oxygen atoms in total. The van der Waals surface area contributed by atoms with E-state index in [1.54, 1.807) is 0 Å². The van der Waals surface area contributed by atoms with Crippen molar-refractivity contribution >= 4 is 15.7 Å². The van der Waals surface area contributed by atoms with E-state index in [0.29, 0.717) is 19.3 Å². The molecule has 1 fully saturated rings. The van der Waals surface area contributed by atoms with Gasteiger partial charge in [-0.2, -0.15) is 5.26 Å². The Balaban J connectivity index is 2.54. The molecule has 0 bridgehead atoms. The first kappa shape index (κ1) is 14.0. The molecule has 96 valence electrons. The van der Waals surface area contributed by atoms with Crippen LogP contribution in [0.3, 0.4) is 0 Å². The quantitative estimate of drug-likeness (QED) is 0.800. The molecule has 1 amide bonds. The molecular formula is C11H18N2O3S. The Morgan fingerprint density at radius 3 is 2.82 bits per heavy atom. The standard InChI is InChI=1S/C11H18N2O3S/c1-2-4-9(7-12)11(14)13-10-5-3-6-17(15,16)8-10/h9-10H,2-6,8H2,1H3,(H,13,14). The average molecular weight is 258 g/mol. The predicted octanol–water partition coefficient (Wildman–Crippen LogP) is 0.620. The van der Waals surface area contributed by atoms with E-state index in [1.807, 2.05) is 13.0 Å². The van der Waals surface area contributed by atoms with Gasteiger partial charge in [-0.05, 0) is 19.3 Å². The monoisotopic (exact) mass is 258 g/mol. The molecule has 17 heavy (non-hydrogen) atoms. The molecule has 0 aromatic carbocycles. The molecule has 0 aromatic rings. The number of carbonyl (C=O) groups is 1. The summed E-state index contributed by atoms with van der Waals surface area (Å²) < 4.78 is 22.8. The number of hydrogen-bond acceptors (Lipinski definition) is 4. The first-order valence-electron chi connectivity index (χ1n) is 5.89. The summed E-state index contributed by atoms with van der Waals surface area (Å²) in [6.07, 6.45) is 2.53. The van der Waals surface area contributed by atoms with Crippen molar-refractivity contribution in [2.75, 3.05) is 11.5 Å². The van der Waals surface area contributed by atoms with Gasteiger partial charge in [0.1, 0.15) is 5.92 Å². The molecule has 0 spiro atoms. The van der Waals surface area contributed by atoms with E-state index in [0.717, 1.165) is 6.42 Å². The molecule has 0 aliphatic carbocycles. The van der Waals surface area contributed by atoms with Crippen LogP contribution in [0.2, 0.25) is 0 Å². The lowest BCUT2D eigenvalue weighted by Crippen LogP contribution is -2.45. The third-order valence-corrected chi connectivity index (χ3v) is 4.68. The molecule has 1 aliphatic rings. The zero-order valence-corrected chi connectivity index (χ0v) is 10.8. The highest BCUT2D eigenvalue weighted by atomic mass is 32.2. The van der Waals surface area contributed by atoms with E-state index in [-0.39, 0.29) is 23.5 Å². The first-order valence-corrected chi connectivity index (χ1v) is 7.71. The van der Waals surface area contributed by atoms with Crippen LogP contribution in [0, 0.1) is 17.2 Å². The zero-order chi connectivity index (χ0) is 12.9. The number of nitrogens with one attached hydrogen (secondary N) is 1. The SMILES string of the molecule is CCCC(C#N)C(=O)NC1CCCS(=O)(=O)C1. The molecule has 1 rings (SSSR count). The fraction of sp³-hybridized carbons (Fsp3) is 0.818. The summed E-state index contributed by atoms with van der Waals surface area (Å²) >= 11 is 0. The minimum Gasteiger partial charge on any atom is -0.351 e. The van der Waals surface area contributed by atoms with Crippen molar-refractivity contribution in [1.82, 2.24) is 5.32 Å². The van der Waals surface area contributed by atoms with Gasteiger partial charge in [-0.15, -0.1) is 0 Å². The van der Waals surface area contributed by atoms with Crippen LogP contribution in [0.25, 0.3) is 0 Å². The Morgan fingerprint density at radius 1 is 1.59 bits per heavy atom. The van der Waals surface area contributed by atoms with E-state index in [2.05, 4.69) is 5.32 Å². The fourth-order valence-electron chi connectivity index (χ4n) is 1.98. The molecule has 1 saturated heterocycles. The topological polar surface area (TPSA) is 87.0 Å². The van der Waals surface area contributed by atoms with Gasteiger partial charge in [-0.3, -0.25) is 4.79 Å². The number of carbonyl (C=O) groups excluding carboxylic acids is 1. The van der Waals surface area contributed by atoms with E-state index in [1.165, 1.54) is 0 Å². The van der Waals surface area contributed by atoms with Crippen molar-refractivity contribution in [1.29, 1.82) is 5.26 Å². The van der Waals surface area contributed by atoms with Crippen LogP contribution >= 0.6 is 0 Å². The zero-order valence-electron chi connectivity index (χ0n) is 9.98. The smallest absolute Gasteiger partial charge is 0.237 e. The Hall–Kier alpha value is -1.09. The second kappa shape index (κ2) is 6.01. The summed E-state index contributed by atoms with van der Waals surface area (Å²) in [6.45, 7) is 1.91. The number of sulfone groups is 1. The molecule has 0 saturated carbocycles. The van der Waals surface area contributed by atoms with Crippen LogP contribution in [0.15, 0.2) is 0 Å². The summed E-state index contributed by atoms with van der Waals surface area (Å²) in [5.41, 5.74) is 0. The molecule has 1 aliphatic heterocycles. The average Bonchev–Trinajstić information content (AvgIpc) is 2.24. The van der Waals surface area contributed by atoms with Gasteiger partial charge in [0.05, 0.1) is 17.6 Å². The maximum absolute atomic E-state index is 11.7. The second-order valence-electron chi connectivity index (χ2n) is 4.43. The number of rotatable bonds is 4. The van der Waals surface area contributed by atoms with Crippen molar-refractivity contribution in [3.05, 3.63) is 0 Å². The van der Waals surface area contributed by atoms with E-state index >= 15 is 0 Å². The van der Waals surface area contributed by atoms with Crippen LogP contribution < -0.4 is 5.32 Å². The van der Waals surface area contributed by atoms with Crippen LogP contribution in [0.5, 0.6) is 0 Å². The van der Waals surface area contributed by atoms with Gasteiger partial charge in [-0.25, -0.2) is 8.42 Å². The molecule has 0 aromatic heterocycles. The lowest BCUT2D eigenvalue weighted by Gasteiger charge is -2.23. The lowest BCUT2D eigenvalue weighted by atomic mass is 10.0. The van der Waals surface area contributed by atoms with Gasteiger partial charge in [0.2, 0.25) is 5.91 Å². The summed E-state index contributed by atoms with van der Waals surface area (Å²) in [5.74, 6) is -0.792. The molecule has 1 heterocycles. The Bertz CT molecular complexity index is 411. The van der Waals surface area contributed by atoms with Crippen LogP contribution in [-0.4, -0.2) is 31.9 Å². The molecule has 2 atom stereocenters. The summed E-state index contributed by atoms with van der Waals surface area (Å²) in [6, 6.07) is 1.63. The maximum atomic E-state index is 11.7. The minimum absolute atomic E-state index is 0.00299. The Labute approximate surface area is 102 Å². The Morgan fingerprint density at radius 2 is 2.29 bits per heavy atom.